The Hall–Kier alpha value is -5.48. The Kier molecular flexibility index (Phi) is 7.03. The molecule has 0 saturated heterocycles. The van der Waals surface area contributed by atoms with Gasteiger partial charge in [0.15, 0.2) is 0 Å². The molecule has 2 aromatic heterocycles. The molecular weight excluding hydrogens is 536 g/mol. The van der Waals surface area contributed by atoms with Gasteiger partial charge >= 0.3 is 0 Å². The van der Waals surface area contributed by atoms with E-state index in [0.29, 0.717) is 0 Å². The molecule has 0 aliphatic carbocycles. The molecule has 0 unspecified atom stereocenters. The van der Waals surface area contributed by atoms with Crippen molar-refractivity contribution in [2.24, 2.45) is 0 Å². The molecule has 2 heterocycles. The zero-order valence-electron chi connectivity index (χ0n) is 25.5. The molecule has 4 heteroatoms. The first-order valence-corrected chi connectivity index (χ1v) is 15.0. The number of aryl methyl sites for hydroxylation is 4. The average Bonchev–Trinajstić information content (AvgIpc) is 3.04. The molecule has 7 aromatic rings. The number of rotatable bonds is 6. The van der Waals surface area contributed by atoms with Crippen LogP contribution >= 0.6 is 0 Å². The molecule has 0 aliphatic heterocycles. The molecule has 0 N–H and O–H groups in total. The molecule has 0 atom stereocenters. The van der Waals surface area contributed by atoms with Gasteiger partial charge in [-0.05, 0) is 88.4 Å². The largest absolute Gasteiger partial charge is 0.309 e. The number of nitrogens with zero attached hydrogens (tertiary/aromatic N) is 4. The Bertz CT molecular complexity index is 1840. The standard InChI is InChI=1S/C40H34N4/c1-27-5-15-33(16-6-27)43(34-17-7-28(2)8-18-34)37-23-31-13-14-32-24-38(26-42-40(32)39(31)41-25-37)44(35-19-9-29(3)10-20-35)36-21-11-30(4)12-22-36/h5-26H,1-4H3. The summed E-state index contributed by atoms with van der Waals surface area (Å²) >= 11 is 0. The van der Waals surface area contributed by atoms with E-state index in [1.807, 2.05) is 12.4 Å². The second-order valence-corrected chi connectivity index (χ2v) is 11.6. The molecular formula is C40H34N4. The van der Waals surface area contributed by atoms with Gasteiger partial charge < -0.3 is 9.80 Å². The Morgan fingerprint density at radius 2 is 0.614 bits per heavy atom. The van der Waals surface area contributed by atoms with Crippen LogP contribution in [-0.2, 0) is 0 Å². The Morgan fingerprint density at radius 1 is 0.341 bits per heavy atom. The Labute approximate surface area is 258 Å². The molecule has 5 aromatic carbocycles. The van der Waals surface area contributed by atoms with Crippen molar-refractivity contribution in [3.63, 3.8) is 0 Å². The molecule has 0 bridgehead atoms. The highest BCUT2D eigenvalue weighted by Crippen LogP contribution is 2.39. The van der Waals surface area contributed by atoms with Crippen LogP contribution in [0.25, 0.3) is 21.8 Å². The molecule has 0 radical (unpaired) electrons. The summed E-state index contributed by atoms with van der Waals surface area (Å²) < 4.78 is 0. The van der Waals surface area contributed by atoms with Crippen LogP contribution in [0.15, 0.2) is 134 Å². The number of fused-ring (bicyclic) bond motifs is 3. The van der Waals surface area contributed by atoms with E-state index in [2.05, 4.69) is 159 Å². The summed E-state index contributed by atoms with van der Waals surface area (Å²) in [5, 5.41) is 2.10. The summed E-state index contributed by atoms with van der Waals surface area (Å²) in [6, 6.07) is 43.2. The van der Waals surface area contributed by atoms with Crippen LogP contribution in [0.5, 0.6) is 0 Å². The summed E-state index contributed by atoms with van der Waals surface area (Å²) in [5.41, 5.74) is 13.1. The van der Waals surface area contributed by atoms with Crippen LogP contribution in [-0.4, -0.2) is 9.97 Å². The highest BCUT2D eigenvalue weighted by Gasteiger charge is 2.17. The SMILES string of the molecule is Cc1ccc(N(c2ccc(C)cc2)c2cnc3c(ccc4cc(N(c5ccc(C)cc5)c5ccc(C)cc5)cnc43)c2)cc1. The molecule has 7 rings (SSSR count). The van der Waals surface area contributed by atoms with Crippen LogP contribution < -0.4 is 9.80 Å². The van der Waals surface area contributed by atoms with Gasteiger partial charge in [-0.25, -0.2) is 0 Å². The zero-order valence-corrected chi connectivity index (χ0v) is 25.5. The average molecular weight is 571 g/mol. The Balaban J connectivity index is 1.32. The minimum absolute atomic E-state index is 0.891. The van der Waals surface area contributed by atoms with Gasteiger partial charge in [0.25, 0.3) is 0 Å². The van der Waals surface area contributed by atoms with Crippen LogP contribution in [0.2, 0.25) is 0 Å². The third-order valence-electron chi connectivity index (χ3n) is 8.16. The van der Waals surface area contributed by atoms with Crippen molar-refractivity contribution < 1.29 is 0 Å². The molecule has 4 nitrogen and oxygen atoms in total. The number of anilines is 6. The second kappa shape index (κ2) is 11.3. The summed E-state index contributed by atoms with van der Waals surface area (Å²) in [5.74, 6) is 0. The molecule has 0 amide bonds. The van der Waals surface area contributed by atoms with E-state index in [-0.39, 0.29) is 0 Å². The van der Waals surface area contributed by atoms with Crippen LogP contribution in [0.1, 0.15) is 22.3 Å². The lowest BCUT2D eigenvalue weighted by molar-refractivity contribution is 1.24. The smallest absolute Gasteiger partial charge is 0.0966 e. The predicted molar refractivity (Wildman–Crippen MR) is 185 cm³/mol. The van der Waals surface area contributed by atoms with Crippen molar-refractivity contribution in [2.75, 3.05) is 9.80 Å². The highest BCUT2D eigenvalue weighted by molar-refractivity contribution is 6.05. The molecule has 44 heavy (non-hydrogen) atoms. The van der Waals surface area contributed by atoms with E-state index in [0.717, 1.165) is 55.9 Å². The maximum atomic E-state index is 5.01. The molecule has 0 fully saturated rings. The first-order chi connectivity index (χ1) is 21.4. The van der Waals surface area contributed by atoms with Gasteiger partial charge in [-0.3, -0.25) is 9.97 Å². The number of pyridine rings is 2. The maximum absolute atomic E-state index is 5.01. The highest BCUT2D eigenvalue weighted by atomic mass is 15.2. The topological polar surface area (TPSA) is 32.3 Å². The third-order valence-corrected chi connectivity index (χ3v) is 8.16. The summed E-state index contributed by atoms with van der Waals surface area (Å²) in [6.07, 6.45) is 3.92. The number of hydrogen-bond donors (Lipinski definition) is 0. The van der Waals surface area contributed by atoms with Gasteiger partial charge in [0.05, 0.1) is 34.8 Å². The molecule has 214 valence electrons. The van der Waals surface area contributed by atoms with Crippen LogP contribution in [0.4, 0.5) is 34.1 Å². The van der Waals surface area contributed by atoms with Crippen molar-refractivity contribution in [1.82, 2.24) is 9.97 Å². The minimum Gasteiger partial charge on any atom is -0.309 e. The van der Waals surface area contributed by atoms with Gasteiger partial charge in [-0.1, -0.05) is 82.9 Å². The lowest BCUT2D eigenvalue weighted by Crippen LogP contribution is -2.11. The van der Waals surface area contributed by atoms with Crippen LogP contribution in [0, 0.1) is 27.7 Å². The van der Waals surface area contributed by atoms with Crippen molar-refractivity contribution in [3.8, 4) is 0 Å². The fraction of sp³-hybridized carbons (Fsp3) is 0.100. The lowest BCUT2D eigenvalue weighted by Gasteiger charge is -2.26. The summed E-state index contributed by atoms with van der Waals surface area (Å²) in [6.45, 7) is 8.45. The fourth-order valence-corrected chi connectivity index (χ4v) is 5.68. The maximum Gasteiger partial charge on any atom is 0.0966 e. The summed E-state index contributed by atoms with van der Waals surface area (Å²) in [4.78, 5) is 14.5. The Morgan fingerprint density at radius 3 is 0.886 bits per heavy atom. The van der Waals surface area contributed by atoms with E-state index in [4.69, 9.17) is 9.97 Å². The van der Waals surface area contributed by atoms with Crippen LogP contribution in [0.3, 0.4) is 0 Å². The second-order valence-electron chi connectivity index (χ2n) is 11.6. The van der Waals surface area contributed by atoms with Gasteiger partial charge in [-0.15, -0.1) is 0 Å². The minimum atomic E-state index is 0.891. The monoisotopic (exact) mass is 570 g/mol. The first-order valence-electron chi connectivity index (χ1n) is 15.0. The van der Waals surface area contributed by atoms with Gasteiger partial charge in [0.2, 0.25) is 0 Å². The lowest BCUT2D eigenvalue weighted by atomic mass is 10.1. The third kappa shape index (κ3) is 5.27. The first kappa shape index (κ1) is 27.4. The zero-order chi connectivity index (χ0) is 30.2. The normalized spacial score (nSPS) is 11.2. The number of benzene rings is 5. The van der Waals surface area contributed by atoms with Crippen molar-refractivity contribution >= 4 is 55.9 Å². The van der Waals surface area contributed by atoms with Gasteiger partial charge in [0, 0.05) is 33.5 Å². The number of hydrogen-bond acceptors (Lipinski definition) is 4. The summed E-state index contributed by atoms with van der Waals surface area (Å²) in [7, 11) is 0. The van der Waals surface area contributed by atoms with E-state index in [1.165, 1.54) is 22.3 Å². The van der Waals surface area contributed by atoms with Gasteiger partial charge in [0.1, 0.15) is 0 Å². The number of aromatic nitrogens is 2. The van der Waals surface area contributed by atoms with Gasteiger partial charge in [-0.2, -0.15) is 0 Å². The molecule has 0 aliphatic rings. The van der Waals surface area contributed by atoms with E-state index in [1.54, 1.807) is 0 Å². The van der Waals surface area contributed by atoms with E-state index >= 15 is 0 Å². The van der Waals surface area contributed by atoms with Crippen molar-refractivity contribution in [3.05, 3.63) is 156 Å². The fourth-order valence-electron chi connectivity index (χ4n) is 5.68. The van der Waals surface area contributed by atoms with Crippen molar-refractivity contribution in [1.29, 1.82) is 0 Å². The molecule has 0 spiro atoms. The van der Waals surface area contributed by atoms with Crippen molar-refractivity contribution in [2.45, 2.75) is 27.7 Å². The molecule has 0 saturated carbocycles. The quantitative estimate of drug-likeness (QED) is 0.186. The van der Waals surface area contributed by atoms with E-state index < -0.39 is 0 Å². The predicted octanol–water partition coefficient (Wildman–Crippen LogP) is 11.0. The van der Waals surface area contributed by atoms with E-state index in [9.17, 15) is 0 Å².